The number of aliphatic carboxylic acids is 1. The average molecular weight is 225 g/mol. The summed E-state index contributed by atoms with van der Waals surface area (Å²) in [6.45, 7) is 0.501. The van der Waals surface area contributed by atoms with Crippen molar-refractivity contribution in [2.75, 3.05) is 6.54 Å². The summed E-state index contributed by atoms with van der Waals surface area (Å²) >= 11 is 0. The molecule has 1 fully saturated rings. The van der Waals surface area contributed by atoms with Gasteiger partial charge in [-0.15, -0.1) is 12.3 Å². The highest BCUT2D eigenvalue weighted by Gasteiger charge is 2.34. The maximum absolute atomic E-state index is 11.5. The van der Waals surface area contributed by atoms with Gasteiger partial charge in [-0.05, 0) is 19.3 Å². The number of nitrogens with one attached hydrogen (secondary N) is 1. The van der Waals surface area contributed by atoms with Crippen LogP contribution in [0.3, 0.4) is 0 Å². The SMILES string of the molecule is C#CCCCNC(=O)C1CCC(C(=O)O)O1. The lowest BCUT2D eigenvalue weighted by Gasteiger charge is -2.11. The quantitative estimate of drug-likeness (QED) is 0.516. The van der Waals surface area contributed by atoms with Gasteiger partial charge in [0.15, 0.2) is 6.10 Å². The van der Waals surface area contributed by atoms with Gasteiger partial charge in [0.1, 0.15) is 6.10 Å². The summed E-state index contributed by atoms with van der Waals surface area (Å²) < 4.78 is 5.09. The van der Waals surface area contributed by atoms with Crippen molar-refractivity contribution >= 4 is 11.9 Å². The number of ether oxygens (including phenoxy) is 1. The van der Waals surface area contributed by atoms with E-state index in [0.29, 0.717) is 25.8 Å². The van der Waals surface area contributed by atoms with Crippen molar-refractivity contribution < 1.29 is 19.4 Å². The van der Waals surface area contributed by atoms with Gasteiger partial charge in [0.05, 0.1) is 0 Å². The largest absolute Gasteiger partial charge is 0.479 e. The fourth-order valence-corrected chi connectivity index (χ4v) is 1.53. The van der Waals surface area contributed by atoms with Crippen LogP contribution in [0.5, 0.6) is 0 Å². The van der Waals surface area contributed by atoms with Crippen LogP contribution in [0.1, 0.15) is 25.7 Å². The highest BCUT2D eigenvalue weighted by molar-refractivity contribution is 5.82. The number of hydrogen-bond acceptors (Lipinski definition) is 3. The zero-order valence-corrected chi connectivity index (χ0v) is 8.94. The predicted molar refractivity (Wildman–Crippen MR) is 56.6 cm³/mol. The van der Waals surface area contributed by atoms with E-state index in [1.54, 1.807) is 0 Å². The number of hydrogen-bond donors (Lipinski definition) is 2. The molecule has 0 aromatic carbocycles. The Morgan fingerprint density at radius 2 is 2.12 bits per heavy atom. The third-order valence-electron chi connectivity index (χ3n) is 2.38. The third-order valence-corrected chi connectivity index (χ3v) is 2.38. The normalized spacial score (nSPS) is 23.7. The van der Waals surface area contributed by atoms with Crippen LogP contribution in [0, 0.1) is 12.3 Å². The van der Waals surface area contributed by atoms with Crippen LogP contribution < -0.4 is 5.32 Å². The van der Waals surface area contributed by atoms with Crippen LogP contribution in [0.15, 0.2) is 0 Å². The Hall–Kier alpha value is -1.54. The minimum absolute atomic E-state index is 0.249. The molecule has 0 bridgehead atoms. The highest BCUT2D eigenvalue weighted by Crippen LogP contribution is 2.19. The second-order valence-electron chi connectivity index (χ2n) is 3.63. The molecule has 0 radical (unpaired) electrons. The number of rotatable bonds is 5. The smallest absolute Gasteiger partial charge is 0.332 e. The molecule has 1 aliphatic rings. The first-order valence-corrected chi connectivity index (χ1v) is 5.24. The number of terminal acetylenes is 1. The molecule has 1 rings (SSSR count). The fourth-order valence-electron chi connectivity index (χ4n) is 1.53. The Bertz CT molecular complexity index is 308. The molecule has 0 saturated carbocycles. The maximum Gasteiger partial charge on any atom is 0.332 e. The van der Waals surface area contributed by atoms with E-state index < -0.39 is 18.2 Å². The maximum atomic E-state index is 11.5. The second kappa shape index (κ2) is 6.13. The predicted octanol–water partition coefficient (Wildman–Crippen LogP) is 0.148. The number of carbonyl (C=O) groups is 2. The lowest BCUT2D eigenvalue weighted by molar-refractivity contribution is -0.151. The minimum atomic E-state index is -1.01. The molecule has 2 unspecified atom stereocenters. The molecule has 0 aromatic heterocycles. The summed E-state index contributed by atoms with van der Waals surface area (Å²) in [7, 11) is 0. The molecule has 5 nitrogen and oxygen atoms in total. The third kappa shape index (κ3) is 3.55. The monoisotopic (exact) mass is 225 g/mol. The molecule has 5 heteroatoms. The molecule has 0 spiro atoms. The van der Waals surface area contributed by atoms with E-state index in [9.17, 15) is 9.59 Å². The Kier molecular flexibility index (Phi) is 4.80. The average Bonchev–Trinajstić information content (AvgIpc) is 2.73. The molecule has 2 atom stereocenters. The summed E-state index contributed by atoms with van der Waals surface area (Å²) in [6.07, 6.45) is 5.77. The van der Waals surface area contributed by atoms with E-state index in [-0.39, 0.29) is 5.91 Å². The molecular weight excluding hydrogens is 210 g/mol. The summed E-state index contributed by atoms with van der Waals surface area (Å²) in [4.78, 5) is 22.1. The Morgan fingerprint density at radius 3 is 2.69 bits per heavy atom. The van der Waals surface area contributed by atoms with Crippen LogP contribution in [-0.2, 0) is 14.3 Å². The van der Waals surface area contributed by atoms with Gasteiger partial charge in [-0.2, -0.15) is 0 Å². The molecule has 1 amide bonds. The first kappa shape index (κ1) is 12.5. The van der Waals surface area contributed by atoms with Gasteiger partial charge in [-0.1, -0.05) is 0 Å². The molecule has 88 valence electrons. The van der Waals surface area contributed by atoms with Crippen LogP contribution in [0.4, 0.5) is 0 Å². The van der Waals surface area contributed by atoms with Gasteiger partial charge < -0.3 is 15.2 Å². The Labute approximate surface area is 94.2 Å². The molecular formula is C11H15NO4. The van der Waals surface area contributed by atoms with Gasteiger partial charge >= 0.3 is 5.97 Å². The lowest BCUT2D eigenvalue weighted by Crippen LogP contribution is -2.36. The van der Waals surface area contributed by atoms with Gasteiger partial charge in [-0.3, -0.25) is 4.79 Å². The summed E-state index contributed by atoms with van der Waals surface area (Å²) in [5, 5.41) is 11.3. The van der Waals surface area contributed by atoms with E-state index in [4.69, 9.17) is 16.3 Å². The van der Waals surface area contributed by atoms with E-state index in [0.717, 1.165) is 6.42 Å². The van der Waals surface area contributed by atoms with Gasteiger partial charge in [0.25, 0.3) is 0 Å². The van der Waals surface area contributed by atoms with E-state index in [1.807, 2.05) is 0 Å². The Balaban J connectivity index is 2.23. The fraction of sp³-hybridized carbons (Fsp3) is 0.636. The first-order valence-electron chi connectivity index (χ1n) is 5.24. The van der Waals surface area contributed by atoms with Crippen LogP contribution in [0.25, 0.3) is 0 Å². The molecule has 0 aromatic rings. The van der Waals surface area contributed by atoms with Gasteiger partial charge in [0.2, 0.25) is 5.91 Å². The number of carboxylic acids is 1. The van der Waals surface area contributed by atoms with Crippen LogP contribution in [0.2, 0.25) is 0 Å². The highest BCUT2D eigenvalue weighted by atomic mass is 16.5. The van der Waals surface area contributed by atoms with Crippen molar-refractivity contribution in [3.8, 4) is 12.3 Å². The van der Waals surface area contributed by atoms with Crippen LogP contribution in [-0.4, -0.2) is 35.7 Å². The van der Waals surface area contributed by atoms with Crippen molar-refractivity contribution in [2.24, 2.45) is 0 Å². The van der Waals surface area contributed by atoms with Gasteiger partial charge in [0, 0.05) is 13.0 Å². The van der Waals surface area contributed by atoms with Crippen molar-refractivity contribution in [2.45, 2.75) is 37.9 Å². The van der Waals surface area contributed by atoms with E-state index >= 15 is 0 Å². The summed E-state index contributed by atoms with van der Waals surface area (Å²) in [5.41, 5.74) is 0. The van der Waals surface area contributed by atoms with Crippen molar-refractivity contribution in [3.05, 3.63) is 0 Å². The van der Waals surface area contributed by atoms with Gasteiger partial charge in [-0.25, -0.2) is 4.79 Å². The zero-order valence-electron chi connectivity index (χ0n) is 8.94. The summed E-state index contributed by atoms with van der Waals surface area (Å²) in [5.74, 6) is 1.21. The molecule has 1 saturated heterocycles. The molecule has 0 aliphatic carbocycles. The summed E-state index contributed by atoms with van der Waals surface area (Å²) in [6, 6.07) is 0. The Morgan fingerprint density at radius 1 is 1.44 bits per heavy atom. The van der Waals surface area contributed by atoms with Crippen molar-refractivity contribution in [1.82, 2.24) is 5.32 Å². The molecule has 2 N–H and O–H groups in total. The lowest BCUT2D eigenvalue weighted by atomic mass is 10.2. The van der Waals surface area contributed by atoms with E-state index in [1.165, 1.54) is 0 Å². The number of carboxylic acid groups (broad SMARTS) is 1. The minimum Gasteiger partial charge on any atom is -0.479 e. The topological polar surface area (TPSA) is 75.6 Å². The number of amides is 1. The second-order valence-corrected chi connectivity index (χ2v) is 3.63. The zero-order chi connectivity index (χ0) is 12.0. The van der Waals surface area contributed by atoms with E-state index in [2.05, 4.69) is 11.2 Å². The standard InChI is InChI=1S/C11H15NO4/c1-2-3-4-7-12-10(13)8-5-6-9(16-8)11(14)15/h1,8-9H,3-7H2,(H,12,13)(H,14,15). The number of unbranched alkanes of at least 4 members (excludes halogenated alkanes) is 1. The first-order chi connectivity index (χ1) is 7.65. The molecule has 1 aliphatic heterocycles. The molecule has 1 heterocycles. The van der Waals surface area contributed by atoms with Crippen LogP contribution >= 0.6 is 0 Å². The van der Waals surface area contributed by atoms with Crippen molar-refractivity contribution in [3.63, 3.8) is 0 Å². The molecule has 16 heavy (non-hydrogen) atoms. The van der Waals surface area contributed by atoms with Crippen molar-refractivity contribution in [1.29, 1.82) is 0 Å². The number of carbonyl (C=O) groups excluding carboxylic acids is 1.